The summed E-state index contributed by atoms with van der Waals surface area (Å²) in [5.41, 5.74) is 13.0. The number of amides is 1. The SMILES string of the molecule is COc1cc2c(N)nc(N3CCN(C(=O)CC(N)c4ccc(F)cc4)CC3)nc2c(F)c1OC. The molecule has 4 rings (SSSR count). The number of methoxy groups -OCH3 is 2. The van der Waals surface area contributed by atoms with Gasteiger partial charge in [-0.05, 0) is 23.8 Å². The van der Waals surface area contributed by atoms with Crippen LogP contribution in [0, 0.1) is 11.6 Å². The molecule has 9 nitrogen and oxygen atoms in total. The largest absolute Gasteiger partial charge is 0.493 e. The van der Waals surface area contributed by atoms with Crippen LogP contribution in [0.2, 0.25) is 0 Å². The Morgan fingerprint density at radius 3 is 2.38 bits per heavy atom. The summed E-state index contributed by atoms with van der Waals surface area (Å²) in [6, 6.07) is 6.82. The Hall–Kier alpha value is -3.73. The van der Waals surface area contributed by atoms with Crippen molar-refractivity contribution in [2.45, 2.75) is 12.5 Å². The van der Waals surface area contributed by atoms with E-state index >= 15 is 4.39 Å². The van der Waals surface area contributed by atoms with Crippen molar-refractivity contribution in [3.8, 4) is 11.5 Å². The van der Waals surface area contributed by atoms with Gasteiger partial charge in [-0.25, -0.2) is 13.8 Å². The van der Waals surface area contributed by atoms with E-state index in [1.165, 1.54) is 32.4 Å². The maximum atomic E-state index is 15.0. The second kappa shape index (κ2) is 9.64. The number of ether oxygens (including phenoxy) is 2. The molecule has 34 heavy (non-hydrogen) atoms. The first-order chi connectivity index (χ1) is 16.3. The molecule has 0 aliphatic carbocycles. The number of hydrogen-bond donors (Lipinski definition) is 2. The minimum absolute atomic E-state index is 0.0314. The van der Waals surface area contributed by atoms with E-state index in [2.05, 4.69) is 9.97 Å². The topological polar surface area (TPSA) is 120 Å². The summed E-state index contributed by atoms with van der Waals surface area (Å²) in [5.74, 6) is -0.621. The lowest BCUT2D eigenvalue weighted by molar-refractivity contribution is -0.131. The van der Waals surface area contributed by atoms with Gasteiger partial charge in [0.15, 0.2) is 17.3 Å². The third kappa shape index (κ3) is 4.51. The fraction of sp³-hybridized carbons (Fsp3) is 0.348. The first-order valence-corrected chi connectivity index (χ1v) is 10.7. The number of nitrogen functional groups attached to an aromatic ring is 1. The fourth-order valence-electron chi connectivity index (χ4n) is 3.98. The second-order valence-corrected chi connectivity index (χ2v) is 7.96. The van der Waals surface area contributed by atoms with E-state index in [-0.39, 0.29) is 46.9 Å². The van der Waals surface area contributed by atoms with Gasteiger partial charge in [0, 0.05) is 44.0 Å². The minimum Gasteiger partial charge on any atom is -0.493 e. The molecule has 0 bridgehead atoms. The number of fused-ring (bicyclic) bond motifs is 1. The molecule has 0 saturated carbocycles. The summed E-state index contributed by atoms with van der Waals surface area (Å²) in [4.78, 5) is 25.0. The van der Waals surface area contributed by atoms with Crippen LogP contribution in [0.5, 0.6) is 11.5 Å². The van der Waals surface area contributed by atoms with E-state index in [1.54, 1.807) is 17.0 Å². The van der Waals surface area contributed by atoms with Gasteiger partial charge < -0.3 is 30.7 Å². The Kier molecular flexibility index (Phi) is 6.64. The molecule has 1 saturated heterocycles. The molecule has 1 aliphatic rings. The maximum Gasteiger partial charge on any atom is 0.228 e. The zero-order valence-corrected chi connectivity index (χ0v) is 18.9. The summed E-state index contributed by atoms with van der Waals surface area (Å²) in [7, 11) is 2.75. The summed E-state index contributed by atoms with van der Waals surface area (Å²) in [6.45, 7) is 1.73. The Morgan fingerprint density at radius 1 is 1.09 bits per heavy atom. The number of benzene rings is 2. The summed E-state index contributed by atoms with van der Waals surface area (Å²) in [5, 5.41) is 0.322. The molecule has 3 aromatic rings. The summed E-state index contributed by atoms with van der Waals surface area (Å²) in [6.07, 6.45) is 0.109. The molecule has 180 valence electrons. The number of aromatic nitrogens is 2. The number of carbonyl (C=O) groups is 1. The zero-order valence-electron chi connectivity index (χ0n) is 18.9. The van der Waals surface area contributed by atoms with Crippen molar-refractivity contribution in [2.75, 3.05) is 51.0 Å². The van der Waals surface area contributed by atoms with Gasteiger partial charge in [0.25, 0.3) is 0 Å². The number of carbonyl (C=O) groups excluding carboxylic acids is 1. The van der Waals surface area contributed by atoms with Gasteiger partial charge in [-0.1, -0.05) is 12.1 Å². The number of anilines is 2. The number of halogens is 2. The van der Waals surface area contributed by atoms with Crippen LogP contribution >= 0.6 is 0 Å². The monoisotopic (exact) mass is 472 g/mol. The highest BCUT2D eigenvalue weighted by Gasteiger charge is 2.26. The second-order valence-electron chi connectivity index (χ2n) is 7.96. The number of nitrogens with zero attached hydrogens (tertiary/aromatic N) is 4. The molecular weight excluding hydrogens is 446 g/mol. The molecule has 1 unspecified atom stereocenters. The molecule has 11 heteroatoms. The van der Waals surface area contributed by atoms with Gasteiger partial charge in [-0.15, -0.1) is 0 Å². The molecule has 1 atom stereocenters. The molecule has 0 radical (unpaired) electrons. The van der Waals surface area contributed by atoms with Crippen molar-refractivity contribution in [2.24, 2.45) is 5.73 Å². The molecule has 2 aromatic carbocycles. The van der Waals surface area contributed by atoms with Gasteiger partial charge in [0.05, 0.1) is 14.2 Å². The lowest BCUT2D eigenvalue weighted by atomic mass is 10.0. The van der Waals surface area contributed by atoms with E-state index in [0.29, 0.717) is 37.1 Å². The van der Waals surface area contributed by atoms with E-state index in [0.717, 1.165) is 0 Å². The van der Waals surface area contributed by atoms with Crippen LogP contribution in [0.25, 0.3) is 10.9 Å². The number of piperazine rings is 1. The molecule has 1 aliphatic heterocycles. The van der Waals surface area contributed by atoms with Crippen molar-refractivity contribution in [1.29, 1.82) is 0 Å². The normalized spacial score (nSPS) is 14.9. The smallest absolute Gasteiger partial charge is 0.228 e. The van der Waals surface area contributed by atoms with Gasteiger partial charge in [-0.2, -0.15) is 4.98 Å². The van der Waals surface area contributed by atoms with Gasteiger partial charge in [0.2, 0.25) is 11.9 Å². The quantitative estimate of drug-likeness (QED) is 0.561. The predicted octanol–water partition coefficient (Wildman–Crippen LogP) is 2.25. The van der Waals surface area contributed by atoms with Crippen LogP contribution in [0.3, 0.4) is 0 Å². The Labute approximate surface area is 195 Å². The molecule has 1 amide bonds. The van der Waals surface area contributed by atoms with Crippen LogP contribution in [0.15, 0.2) is 30.3 Å². The van der Waals surface area contributed by atoms with E-state index in [9.17, 15) is 9.18 Å². The van der Waals surface area contributed by atoms with Crippen LogP contribution in [0.1, 0.15) is 18.0 Å². The highest BCUT2D eigenvalue weighted by Crippen LogP contribution is 2.37. The van der Waals surface area contributed by atoms with E-state index < -0.39 is 11.9 Å². The van der Waals surface area contributed by atoms with Gasteiger partial charge >= 0.3 is 0 Å². The van der Waals surface area contributed by atoms with Crippen LogP contribution in [0.4, 0.5) is 20.5 Å². The van der Waals surface area contributed by atoms with Crippen molar-refractivity contribution < 1.29 is 23.0 Å². The van der Waals surface area contributed by atoms with Crippen LogP contribution < -0.4 is 25.8 Å². The molecule has 2 heterocycles. The third-order valence-corrected chi connectivity index (χ3v) is 5.90. The lowest BCUT2D eigenvalue weighted by Crippen LogP contribution is -2.49. The average Bonchev–Trinajstić information content (AvgIpc) is 2.84. The van der Waals surface area contributed by atoms with Gasteiger partial charge in [-0.3, -0.25) is 4.79 Å². The number of nitrogens with two attached hydrogens (primary N) is 2. The number of hydrogen-bond acceptors (Lipinski definition) is 8. The van der Waals surface area contributed by atoms with E-state index in [4.69, 9.17) is 20.9 Å². The highest BCUT2D eigenvalue weighted by molar-refractivity contribution is 5.92. The Balaban J connectivity index is 1.46. The third-order valence-electron chi connectivity index (χ3n) is 5.90. The average molecular weight is 472 g/mol. The van der Waals surface area contributed by atoms with Gasteiger partial charge in [0.1, 0.15) is 17.2 Å². The first-order valence-electron chi connectivity index (χ1n) is 10.7. The predicted molar refractivity (Wildman–Crippen MR) is 124 cm³/mol. The minimum atomic E-state index is -0.684. The van der Waals surface area contributed by atoms with Crippen LogP contribution in [-0.2, 0) is 4.79 Å². The van der Waals surface area contributed by atoms with E-state index in [1.807, 2.05) is 4.90 Å². The molecule has 4 N–H and O–H groups in total. The van der Waals surface area contributed by atoms with Crippen molar-refractivity contribution >= 4 is 28.6 Å². The maximum absolute atomic E-state index is 15.0. The fourth-order valence-corrected chi connectivity index (χ4v) is 3.98. The molecule has 1 aromatic heterocycles. The van der Waals surface area contributed by atoms with Crippen LogP contribution in [-0.4, -0.2) is 61.2 Å². The zero-order chi connectivity index (χ0) is 24.4. The Morgan fingerprint density at radius 2 is 1.76 bits per heavy atom. The highest BCUT2D eigenvalue weighted by atomic mass is 19.1. The molecule has 0 spiro atoms. The molecular formula is C23H26F2N6O3. The molecule has 1 fully saturated rings. The summed E-state index contributed by atoms with van der Waals surface area (Å²) >= 11 is 0. The first kappa shape index (κ1) is 23.4. The van der Waals surface area contributed by atoms with Crippen molar-refractivity contribution in [3.05, 3.63) is 47.5 Å². The van der Waals surface area contributed by atoms with Crippen molar-refractivity contribution in [1.82, 2.24) is 14.9 Å². The Bertz CT molecular complexity index is 1200. The summed E-state index contributed by atoms with van der Waals surface area (Å²) < 4.78 is 38.4. The number of rotatable bonds is 6. The standard InChI is InChI=1S/C23H26F2N6O3/c1-33-17-11-15-20(19(25)21(17)34-2)28-23(29-22(15)27)31-9-7-30(8-10-31)18(32)12-16(26)13-3-5-14(24)6-4-13/h3-6,11,16H,7-10,12,26H2,1-2H3,(H2,27,28,29). The van der Waals surface area contributed by atoms with Crippen molar-refractivity contribution in [3.63, 3.8) is 0 Å². The lowest BCUT2D eigenvalue weighted by Gasteiger charge is -2.35.